The Hall–Kier alpha value is -3.14. The normalized spacial score (nSPS) is 10.0. The van der Waals surface area contributed by atoms with Crippen LogP contribution in [0.2, 0.25) is 0 Å². The van der Waals surface area contributed by atoms with Gasteiger partial charge < -0.3 is 15.8 Å². The third-order valence-electron chi connectivity index (χ3n) is 3.60. The fourth-order valence-electron chi connectivity index (χ4n) is 2.23. The Morgan fingerprint density at radius 2 is 2.00 bits per heavy atom. The van der Waals surface area contributed by atoms with Crippen molar-refractivity contribution in [3.8, 4) is 17.6 Å². The van der Waals surface area contributed by atoms with Crippen LogP contribution in [-0.2, 0) is 6.54 Å². The number of carbonyl (C=O) groups excluding carboxylic acids is 1. The van der Waals surface area contributed by atoms with Gasteiger partial charge in [0.15, 0.2) is 11.6 Å². The number of rotatable bonds is 7. The highest BCUT2D eigenvalue weighted by atomic mass is 19.1. The summed E-state index contributed by atoms with van der Waals surface area (Å²) in [7, 11) is 0. The zero-order valence-electron chi connectivity index (χ0n) is 15.0. The quantitative estimate of drug-likeness (QED) is 0.443. The van der Waals surface area contributed by atoms with Crippen LogP contribution in [0.5, 0.6) is 5.75 Å². The molecule has 2 aromatic rings. The van der Waals surface area contributed by atoms with E-state index >= 15 is 0 Å². The summed E-state index contributed by atoms with van der Waals surface area (Å²) in [6, 6.07) is 6.94. The van der Waals surface area contributed by atoms with Crippen LogP contribution in [-0.4, -0.2) is 17.5 Å². The summed E-state index contributed by atoms with van der Waals surface area (Å²) < 4.78 is 32.9. The van der Waals surface area contributed by atoms with E-state index in [1.165, 1.54) is 18.2 Å². The number of nitrogens with two attached hydrogens (primary N) is 1. The standard InChI is InChI=1S/C20H21F2N3O2/c1-2-3-4-5-6-12-27-16-9-7-8-14(18(16)22)13-24-20(26)15-10-11-17(21)25-19(15)23/h7-11H,2-3,6,12-13H2,1H3,(H2,23,25)(H,24,26). The zero-order chi connectivity index (χ0) is 19.6. The number of amides is 1. The maximum Gasteiger partial charge on any atom is 0.255 e. The third-order valence-corrected chi connectivity index (χ3v) is 3.60. The molecule has 0 unspecified atom stereocenters. The van der Waals surface area contributed by atoms with Crippen molar-refractivity contribution in [2.45, 2.75) is 32.7 Å². The number of pyridine rings is 1. The van der Waals surface area contributed by atoms with E-state index in [9.17, 15) is 13.6 Å². The fourth-order valence-corrected chi connectivity index (χ4v) is 2.23. The smallest absolute Gasteiger partial charge is 0.255 e. The average Bonchev–Trinajstić information content (AvgIpc) is 2.64. The summed E-state index contributed by atoms with van der Waals surface area (Å²) in [4.78, 5) is 15.5. The minimum atomic E-state index is -0.778. The Bertz CT molecular complexity index is 860. The number of benzene rings is 1. The number of carbonyl (C=O) groups is 1. The molecule has 0 saturated heterocycles. The maximum atomic E-state index is 14.5. The lowest BCUT2D eigenvalue weighted by Gasteiger charge is -2.11. The number of ether oxygens (including phenoxy) is 1. The van der Waals surface area contributed by atoms with Gasteiger partial charge in [-0.2, -0.15) is 4.39 Å². The Kier molecular flexibility index (Phi) is 7.56. The molecule has 27 heavy (non-hydrogen) atoms. The Morgan fingerprint density at radius 1 is 1.22 bits per heavy atom. The molecule has 0 fully saturated rings. The minimum absolute atomic E-state index is 0.0230. The second-order valence-corrected chi connectivity index (χ2v) is 5.68. The van der Waals surface area contributed by atoms with Crippen molar-refractivity contribution in [3.05, 3.63) is 53.2 Å². The van der Waals surface area contributed by atoms with Gasteiger partial charge in [-0.25, -0.2) is 9.37 Å². The van der Waals surface area contributed by atoms with E-state index in [0.29, 0.717) is 6.42 Å². The summed E-state index contributed by atoms with van der Waals surface area (Å²) in [5.74, 6) is 3.92. The molecule has 2 rings (SSSR count). The molecule has 0 radical (unpaired) electrons. The molecule has 5 nitrogen and oxygen atoms in total. The minimum Gasteiger partial charge on any atom is -0.490 e. The van der Waals surface area contributed by atoms with Crippen molar-refractivity contribution < 1.29 is 18.3 Å². The molecule has 1 aromatic carbocycles. The first-order valence-corrected chi connectivity index (χ1v) is 8.59. The van der Waals surface area contributed by atoms with Crippen molar-refractivity contribution in [2.75, 3.05) is 12.3 Å². The number of unbranched alkanes of at least 4 members (excludes halogenated alkanes) is 1. The lowest BCUT2D eigenvalue weighted by molar-refractivity contribution is 0.0951. The molecular formula is C20H21F2N3O2. The Labute approximate surface area is 156 Å². The van der Waals surface area contributed by atoms with Gasteiger partial charge in [0.25, 0.3) is 5.91 Å². The highest BCUT2D eigenvalue weighted by molar-refractivity contribution is 5.98. The zero-order valence-corrected chi connectivity index (χ0v) is 15.0. The molecule has 3 N–H and O–H groups in total. The summed E-state index contributed by atoms with van der Waals surface area (Å²) in [6.07, 6.45) is 2.34. The van der Waals surface area contributed by atoms with Crippen LogP contribution in [0.15, 0.2) is 30.3 Å². The molecule has 0 aliphatic rings. The predicted octanol–water partition coefficient (Wildman–Crippen LogP) is 3.44. The van der Waals surface area contributed by atoms with E-state index in [1.807, 2.05) is 6.92 Å². The number of nitrogens with one attached hydrogen (secondary N) is 1. The second-order valence-electron chi connectivity index (χ2n) is 5.68. The fraction of sp³-hybridized carbons (Fsp3) is 0.300. The second kappa shape index (κ2) is 10.1. The van der Waals surface area contributed by atoms with Gasteiger partial charge in [0.2, 0.25) is 5.95 Å². The van der Waals surface area contributed by atoms with Crippen LogP contribution >= 0.6 is 0 Å². The lowest BCUT2D eigenvalue weighted by Crippen LogP contribution is -2.25. The molecule has 0 saturated carbocycles. The number of anilines is 1. The molecule has 0 spiro atoms. The summed E-state index contributed by atoms with van der Waals surface area (Å²) in [5.41, 5.74) is 5.81. The molecular weight excluding hydrogens is 352 g/mol. The number of hydrogen-bond donors (Lipinski definition) is 2. The van der Waals surface area contributed by atoms with Gasteiger partial charge >= 0.3 is 0 Å². The lowest BCUT2D eigenvalue weighted by atomic mass is 10.2. The summed E-state index contributed by atoms with van der Waals surface area (Å²) >= 11 is 0. The molecule has 142 valence electrons. The van der Waals surface area contributed by atoms with Gasteiger partial charge in [-0.15, -0.1) is 5.92 Å². The van der Waals surface area contributed by atoms with E-state index in [0.717, 1.165) is 18.9 Å². The van der Waals surface area contributed by atoms with Gasteiger partial charge in [-0.3, -0.25) is 4.79 Å². The van der Waals surface area contributed by atoms with Gasteiger partial charge in [0.05, 0.1) is 12.2 Å². The molecule has 1 heterocycles. The van der Waals surface area contributed by atoms with Crippen LogP contribution in [0.3, 0.4) is 0 Å². The first-order valence-electron chi connectivity index (χ1n) is 8.59. The summed E-state index contributed by atoms with van der Waals surface area (Å²) in [6.45, 7) is 2.25. The number of halogens is 2. The molecule has 0 aliphatic carbocycles. The van der Waals surface area contributed by atoms with Crippen LogP contribution in [0.4, 0.5) is 14.6 Å². The summed E-state index contributed by atoms with van der Waals surface area (Å²) in [5, 5.41) is 2.53. The van der Waals surface area contributed by atoms with Crippen molar-refractivity contribution in [3.63, 3.8) is 0 Å². The van der Waals surface area contributed by atoms with Crippen LogP contribution in [0, 0.1) is 23.6 Å². The van der Waals surface area contributed by atoms with Gasteiger partial charge in [-0.1, -0.05) is 25.0 Å². The number of hydrogen-bond acceptors (Lipinski definition) is 4. The molecule has 7 heteroatoms. The van der Waals surface area contributed by atoms with Crippen LogP contribution in [0.25, 0.3) is 0 Å². The monoisotopic (exact) mass is 373 g/mol. The van der Waals surface area contributed by atoms with Crippen molar-refractivity contribution >= 4 is 11.7 Å². The van der Waals surface area contributed by atoms with Crippen molar-refractivity contribution in [1.82, 2.24) is 10.3 Å². The van der Waals surface area contributed by atoms with E-state index in [2.05, 4.69) is 22.1 Å². The van der Waals surface area contributed by atoms with E-state index in [1.54, 1.807) is 6.07 Å². The molecule has 0 bridgehead atoms. The van der Waals surface area contributed by atoms with Crippen LogP contribution < -0.4 is 15.8 Å². The Morgan fingerprint density at radius 3 is 2.74 bits per heavy atom. The predicted molar refractivity (Wildman–Crippen MR) is 99.0 cm³/mol. The SMILES string of the molecule is CCCC#CCCOc1cccc(CNC(=O)c2ccc(F)nc2N)c1F. The molecule has 0 aliphatic heterocycles. The maximum absolute atomic E-state index is 14.5. The molecule has 1 aromatic heterocycles. The van der Waals surface area contributed by atoms with E-state index in [4.69, 9.17) is 10.5 Å². The number of nitrogen functional groups attached to an aromatic ring is 1. The topological polar surface area (TPSA) is 77.2 Å². The highest BCUT2D eigenvalue weighted by Crippen LogP contribution is 2.21. The third kappa shape index (κ3) is 5.96. The number of aromatic nitrogens is 1. The van der Waals surface area contributed by atoms with Gasteiger partial charge in [0.1, 0.15) is 5.82 Å². The van der Waals surface area contributed by atoms with Crippen LogP contribution in [0.1, 0.15) is 42.1 Å². The van der Waals surface area contributed by atoms with E-state index < -0.39 is 17.7 Å². The largest absolute Gasteiger partial charge is 0.490 e. The van der Waals surface area contributed by atoms with E-state index in [-0.39, 0.29) is 35.8 Å². The highest BCUT2D eigenvalue weighted by Gasteiger charge is 2.14. The Balaban J connectivity index is 1.95. The van der Waals surface area contributed by atoms with Gasteiger partial charge in [-0.05, 0) is 24.6 Å². The average molecular weight is 373 g/mol. The van der Waals surface area contributed by atoms with Crippen molar-refractivity contribution in [2.24, 2.45) is 0 Å². The van der Waals surface area contributed by atoms with Gasteiger partial charge in [0, 0.05) is 24.9 Å². The first-order chi connectivity index (χ1) is 13.0. The first kappa shape index (κ1) is 20.2. The number of nitrogens with zero attached hydrogens (tertiary/aromatic N) is 1. The molecule has 1 amide bonds. The molecule has 0 atom stereocenters. The van der Waals surface area contributed by atoms with Crippen molar-refractivity contribution in [1.29, 1.82) is 0 Å².